The van der Waals surface area contributed by atoms with Crippen LogP contribution in [-0.4, -0.2) is 5.78 Å². The number of rotatable bonds is 3. The Morgan fingerprint density at radius 3 is 2.50 bits per heavy atom. The minimum absolute atomic E-state index is 0.0371. The topological polar surface area (TPSA) is 17.1 Å². The van der Waals surface area contributed by atoms with E-state index in [0.29, 0.717) is 16.7 Å². The van der Waals surface area contributed by atoms with Crippen LogP contribution in [0.5, 0.6) is 0 Å². The van der Waals surface area contributed by atoms with Crippen LogP contribution in [0.2, 0.25) is 0 Å². The summed E-state index contributed by atoms with van der Waals surface area (Å²) in [6.07, 6.45) is 0.808. The van der Waals surface area contributed by atoms with Crippen molar-refractivity contribution in [1.29, 1.82) is 0 Å². The Morgan fingerprint density at radius 1 is 1.11 bits per heavy atom. The van der Waals surface area contributed by atoms with Crippen molar-refractivity contribution in [3.63, 3.8) is 0 Å². The molecule has 0 fully saturated rings. The van der Waals surface area contributed by atoms with Gasteiger partial charge in [0.15, 0.2) is 5.78 Å². The van der Waals surface area contributed by atoms with Gasteiger partial charge < -0.3 is 0 Å². The SMILES string of the molecule is CCc1ccccc1C(=O)c1ccc(F)cc1C. The van der Waals surface area contributed by atoms with E-state index in [1.54, 1.807) is 13.0 Å². The highest BCUT2D eigenvalue weighted by Gasteiger charge is 2.14. The second kappa shape index (κ2) is 5.13. The smallest absolute Gasteiger partial charge is 0.193 e. The summed E-state index contributed by atoms with van der Waals surface area (Å²) in [4.78, 5) is 12.4. The molecule has 92 valence electrons. The summed E-state index contributed by atoms with van der Waals surface area (Å²) in [5.41, 5.74) is 2.96. The van der Waals surface area contributed by atoms with Gasteiger partial charge in [-0.05, 0) is 42.7 Å². The van der Waals surface area contributed by atoms with Gasteiger partial charge in [-0.1, -0.05) is 31.2 Å². The number of benzene rings is 2. The third-order valence-electron chi connectivity index (χ3n) is 3.08. The molecule has 2 aromatic rings. The lowest BCUT2D eigenvalue weighted by Gasteiger charge is -2.09. The zero-order chi connectivity index (χ0) is 13.1. The summed E-state index contributed by atoms with van der Waals surface area (Å²) in [5, 5.41) is 0. The summed E-state index contributed by atoms with van der Waals surface area (Å²) in [5.74, 6) is -0.349. The molecular weight excluding hydrogens is 227 g/mol. The van der Waals surface area contributed by atoms with Gasteiger partial charge in [0, 0.05) is 11.1 Å². The van der Waals surface area contributed by atoms with E-state index in [1.165, 1.54) is 12.1 Å². The summed E-state index contributed by atoms with van der Waals surface area (Å²) in [6, 6.07) is 11.8. The van der Waals surface area contributed by atoms with E-state index < -0.39 is 0 Å². The fourth-order valence-corrected chi connectivity index (χ4v) is 2.08. The van der Waals surface area contributed by atoms with Crippen molar-refractivity contribution in [2.24, 2.45) is 0 Å². The third kappa shape index (κ3) is 2.33. The molecule has 0 saturated carbocycles. The number of hydrogen-bond donors (Lipinski definition) is 0. The fourth-order valence-electron chi connectivity index (χ4n) is 2.08. The Kier molecular flexibility index (Phi) is 3.56. The highest BCUT2D eigenvalue weighted by molar-refractivity contribution is 6.10. The Bertz CT molecular complexity index is 587. The number of carbonyl (C=O) groups excluding carboxylic acids is 1. The number of hydrogen-bond acceptors (Lipinski definition) is 1. The molecule has 0 aromatic heterocycles. The van der Waals surface area contributed by atoms with Gasteiger partial charge in [-0.15, -0.1) is 0 Å². The monoisotopic (exact) mass is 242 g/mol. The first-order chi connectivity index (χ1) is 8.63. The number of ketones is 1. The van der Waals surface area contributed by atoms with E-state index in [1.807, 2.05) is 31.2 Å². The van der Waals surface area contributed by atoms with Crippen LogP contribution >= 0.6 is 0 Å². The molecule has 0 bridgehead atoms. The predicted molar refractivity (Wildman–Crippen MR) is 70.4 cm³/mol. The largest absolute Gasteiger partial charge is 0.289 e. The van der Waals surface area contributed by atoms with Crippen LogP contribution in [0.4, 0.5) is 4.39 Å². The lowest BCUT2D eigenvalue weighted by molar-refractivity contribution is 0.103. The Labute approximate surface area is 106 Å². The molecule has 18 heavy (non-hydrogen) atoms. The van der Waals surface area contributed by atoms with Crippen molar-refractivity contribution in [3.8, 4) is 0 Å². The first-order valence-electron chi connectivity index (χ1n) is 6.02. The minimum atomic E-state index is -0.312. The predicted octanol–water partition coefficient (Wildman–Crippen LogP) is 3.93. The normalized spacial score (nSPS) is 10.4. The zero-order valence-electron chi connectivity index (χ0n) is 10.5. The van der Waals surface area contributed by atoms with Crippen LogP contribution < -0.4 is 0 Å². The molecule has 2 rings (SSSR count). The van der Waals surface area contributed by atoms with Crippen LogP contribution in [0.1, 0.15) is 34.0 Å². The Balaban J connectivity index is 2.48. The number of aryl methyl sites for hydroxylation is 2. The molecule has 2 heteroatoms. The molecule has 0 heterocycles. The summed E-state index contributed by atoms with van der Waals surface area (Å²) < 4.78 is 13.0. The fraction of sp³-hybridized carbons (Fsp3) is 0.188. The lowest BCUT2D eigenvalue weighted by Crippen LogP contribution is -2.07. The average Bonchev–Trinajstić information content (AvgIpc) is 2.38. The molecule has 0 aliphatic heterocycles. The second-order valence-corrected chi connectivity index (χ2v) is 4.30. The van der Waals surface area contributed by atoms with Crippen LogP contribution in [0.15, 0.2) is 42.5 Å². The van der Waals surface area contributed by atoms with Crippen LogP contribution in [-0.2, 0) is 6.42 Å². The lowest BCUT2D eigenvalue weighted by atomic mass is 9.94. The van der Waals surface area contributed by atoms with Crippen molar-refractivity contribution in [1.82, 2.24) is 0 Å². The van der Waals surface area contributed by atoms with Crippen LogP contribution in [0.3, 0.4) is 0 Å². The maximum Gasteiger partial charge on any atom is 0.193 e. The van der Waals surface area contributed by atoms with Crippen LogP contribution in [0.25, 0.3) is 0 Å². The molecule has 0 aliphatic rings. The Morgan fingerprint density at radius 2 is 1.83 bits per heavy atom. The van der Waals surface area contributed by atoms with Gasteiger partial charge in [-0.3, -0.25) is 4.79 Å². The first-order valence-corrected chi connectivity index (χ1v) is 6.02. The molecule has 0 spiro atoms. The summed E-state index contributed by atoms with van der Waals surface area (Å²) in [7, 11) is 0. The standard InChI is InChI=1S/C16H15FO/c1-3-12-6-4-5-7-15(12)16(18)14-9-8-13(17)10-11(14)2/h4-10H,3H2,1-2H3. The molecule has 0 atom stereocenters. The van der Waals surface area contributed by atoms with Gasteiger partial charge >= 0.3 is 0 Å². The number of carbonyl (C=O) groups is 1. The van der Waals surface area contributed by atoms with E-state index in [-0.39, 0.29) is 11.6 Å². The molecule has 0 amide bonds. The third-order valence-corrected chi connectivity index (χ3v) is 3.08. The molecule has 0 radical (unpaired) electrons. The van der Waals surface area contributed by atoms with Gasteiger partial charge in [-0.2, -0.15) is 0 Å². The van der Waals surface area contributed by atoms with E-state index in [4.69, 9.17) is 0 Å². The van der Waals surface area contributed by atoms with E-state index in [2.05, 4.69) is 0 Å². The second-order valence-electron chi connectivity index (χ2n) is 4.30. The van der Waals surface area contributed by atoms with Crippen molar-refractivity contribution in [3.05, 3.63) is 70.5 Å². The van der Waals surface area contributed by atoms with Crippen molar-refractivity contribution >= 4 is 5.78 Å². The van der Waals surface area contributed by atoms with Gasteiger partial charge in [-0.25, -0.2) is 4.39 Å². The molecular formula is C16H15FO. The van der Waals surface area contributed by atoms with Gasteiger partial charge in [0.2, 0.25) is 0 Å². The van der Waals surface area contributed by atoms with Crippen LogP contribution in [0, 0.1) is 12.7 Å². The van der Waals surface area contributed by atoms with Crippen molar-refractivity contribution in [2.75, 3.05) is 0 Å². The maximum atomic E-state index is 13.0. The molecule has 0 aliphatic carbocycles. The Hall–Kier alpha value is -1.96. The van der Waals surface area contributed by atoms with Crippen molar-refractivity contribution < 1.29 is 9.18 Å². The summed E-state index contributed by atoms with van der Waals surface area (Å²) in [6.45, 7) is 3.77. The molecule has 0 unspecified atom stereocenters. The highest BCUT2D eigenvalue weighted by Crippen LogP contribution is 2.18. The van der Waals surface area contributed by atoms with E-state index >= 15 is 0 Å². The van der Waals surface area contributed by atoms with Gasteiger partial charge in [0.25, 0.3) is 0 Å². The molecule has 0 saturated heterocycles. The van der Waals surface area contributed by atoms with Gasteiger partial charge in [0.1, 0.15) is 5.82 Å². The summed E-state index contributed by atoms with van der Waals surface area (Å²) >= 11 is 0. The molecule has 0 N–H and O–H groups in total. The minimum Gasteiger partial charge on any atom is -0.289 e. The van der Waals surface area contributed by atoms with Crippen molar-refractivity contribution in [2.45, 2.75) is 20.3 Å². The van der Waals surface area contributed by atoms with Gasteiger partial charge in [0.05, 0.1) is 0 Å². The average molecular weight is 242 g/mol. The van der Waals surface area contributed by atoms with E-state index in [0.717, 1.165) is 12.0 Å². The van der Waals surface area contributed by atoms with E-state index in [9.17, 15) is 9.18 Å². The maximum absolute atomic E-state index is 13.0. The zero-order valence-corrected chi connectivity index (χ0v) is 10.5. The molecule has 1 nitrogen and oxygen atoms in total. The first kappa shape index (κ1) is 12.5. The highest BCUT2D eigenvalue weighted by atomic mass is 19.1. The quantitative estimate of drug-likeness (QED) is 0.745. The number of halogens is 1. The molecule has 2 aromatic carbocycles.